The lowest BCUT2D eigenvalue weighted by Crippen LogP contribution is -2.38. The lowest BCUT2D eigenvalue weighted by atomic mass is 9.76. The van der Waals surface area contributed by atoms with Crippen molar-refractivity contribution in [2.75, 3.05) is 0 Å². The Hall–Kier alpha value is -0.750. The van der Waals surface area contributed by atoms with Crippen LogP contribution in [0.3, 0.4) is 0 Å². The number of nitrogens with two attached hydrogens (primary N) is 1. The number of rotatable bonds is 1. The lowest BCUT2D eigenvalue weighted by molar-refractivity contribution is -0.137. The predicted molar refractivity (Wildman–Crippen MR) is 69.8 cm³/mol. The first-order valence-electron chi connectivity index (χ1n) is 6.13. The normalized spacial score (nSPS) is 19.4. The first-order chi connectivity index (χ1) is 8.74. The first kappa shape index (κ1) is 14.7. The predicted octanol–water partition coefficient (Wildman–Crippen LogP) is 4.29. The van der Waals surface area contributed by atoms with Gasteiger partial charge < -0.3 is 10.8 Å². The summed E-state index contributed by atoms with van der Waals surface area (Å²) in [5, 5.41) is 10.0. The average molecular weight is 338 g/mol. The molecule has 3 N–H and O–H groups in total. The fourth-order valence-corrected chi connectivity index (χ4v) is 3.05. The topological polar surface area (TPSA) is 46.2 Å². The van der Waals surface area contributed by atoms with Crippen molar-refractivity contribution in [3.8, 4) is 5.75 Å². The zero-order chi connectivity index (χ0) is 14.3. The summed E-state index contributed by atoms with van der Waals surface area (Å²) in [5.41, 5.74) is 4.74. The highest BCUT2D eigenvalue weighted by Gasteiger charge is 2.37. The van der Waals surface area contributed by atoms with Crippen molar-refractivity contribution in [3.05, 3.63) is 27.7 Å². The minimum atomic E-state index is -4.45. The van der Waals surface area contributed by atoms with Crippen LogP contribution in [-0.4, -0.2) is 5.11 Å². The minimum Gasteiger partial charge on any atom is -0.506 e. The van der Waals surface area contributed by atoms with Crippen LogP contribution in [0.1, 0.15) is 43.2 Å². The second kappa shape index (κ2) is 4.98. The second-order valence-corrected chi connectivity index (χ2v) is 5.92. The molecule has 1 saturated carbocycles. The van der Waals surface area contributed by atoms with Crippen molar-refractivity contribution in [1.82, 2.24) is 0 Å². The highest BCUT2D eigenvalue weighted by molar-refractivity contribution is 9.10. The molecule has 1 aromatic carbocycles. The SMILES string of the molecule is NC1(c2cc(C(F)(F)F)cc(Br)c2O)CCCCC1. The van der Waals surface area contributed by atoms with Crippen molar-refractivity contribution in [1.29, 1.82) is 0 Å². The van der Waals surface area contributed by atoms with Gasteiger partial charge in [-0.15, -0.1) is 0 Å². The summed E-state index contributed by atoms with van der Waals surface area (Å²) in [4.78, 5) is 0. The molecule has 2 nitrogen and oxygen atoms in total. The van der Waals surface area contributed by atoms with Crippen LogP contribution in [0.4, 0.5) is 13.2 Å². The largest absolute Gasteiger partial charge is 0.506 e. The van der Waals surface area contributed by atoms with Crippen LogP contribution in [0.15, 0.2) is 16.6 Å². The van der Waals surface area contributed by atoms with Gasteiger partial charge in [0.15, 0.2) is 0 Å². The molecule has 1 aliphatic carbocycles. The summed E-state index contributed by atoms with van der Waals surface area (Å²) in [5.74, 6) is -0.183. The smallest absolute Gasteiger partial charge is 0.416 e. The van der Waals surface area contributed by atoms with Crippen LogP contribution >= 0.6 is 15.9 Å². The highest BCUT2D eigenvalue weighted by Crippen LogP contribution is 2.44. The maximum atomic E-state index is 12.8. The van der Waals surface area contributed by atoms with Gasteiger partial charge in [0.05, 0.1) is 10.0 Å². The molecule has 1 aromatic rings. The fraction of sp³-hybridized carbons (Fsp3) is 0.538. The van der Waals surface area contributed by atoms with Gasteiger partial charge in [-0.1, -0.05) is 19.3 Å². The number of phenolic OH excluding ortho intramolecular Hbond substituents is 1. The van der Waals surface area contributed by atoms with Crippen LogP contribution in [0, 0.1) is 0 Å². The van der Waals surface area contributed by atoms with E-state index in [0.717, 1.165) is 31.4 Å². The molecule has 0 heterocycles. The van der Waals surface area contributed by atoms with Crippen LogP contribution < -0.4 is 5.73 Å². The molecule has 0 atom stereocenters. The van der Waals surface area contributed by atoms with E-state index in [2.05, 4.69) is 15.9 Å². The van der Waals surface area contributed by atoms with E-state index in [1.54, 1.807) is 0 Å². The third-order valence-electron chi connectivity index (χ3n) is 3.67. The van der Waals surface area contributed by atoms with E-state index in [-0.39, 0.29) is 15.8 Å². The average Bonchev–Trinajstić information content (AvgIpc) is 2.31. The molecule has 0 aliphatic heterocycles. The number of halogens is 4. The van der Waals surface area contributed by atoms with E-state index < -0.39 is 17.3 Å². The van der Waals surface area contributed by atoms with Gasteiger partial charge in [-0.3, -0.25) is 0 Å². The Morgan fingerprint density at radius 2 is 1.74 bits per heavy atom. The molecule has 1 fully saturated rings. The van der Waals surface area contributed by atoms with Crippen LogP contribution in [0.25, 0.3) is 0 Å². The van der Waals surface area contributed by atoms with Gasteiger partial charge in [0.2, 0.25) is 0 Å². The number of alkyl halides is 3. The summed E-state index contributed by atoms with van der Waals surface area (Å²) < 4.78 is 38.5. The van der Waals surface area contributed by atoms with Gasteiger partial charge in [0.25, 0.3) is 0 Å². The third-order valence-corrected chi connectivity index (χ3v) is 4.28. The molecule has 19 heavy (non-hydrogen) atoms. The molecule has 6 heteroatoms. The zero-order valence-electron chi connectivity index (χ0n) is 10.2. The molecule has 1 aliphatic rings. The maximum absolute atomic E-state index is 12.8. The van der Waals surface area contributed by atoms with E-state index in [1.165, 1.54) is 0 Å². The van der Waals surface area contributed by atoms with Gasteiger partial charge in [0.1, 0.15) is 5.75 Å². The van der Waals surface area contributed by atoms with Gasteiger partial charge >= 0.3 is 6.18 Å². The van der Waals surface area contributed by atoms with Crippen molar-refractivity contribution >= 4 is 15.9 Å². The maximum Gasteiger partial charge on any atom is 0.416 e. The van der Waals surface area contributed by atoms with Crippen molar-refractivity contribution in [3.63, 3.8) is 0 Å². The summed E-state index contributed by atoms with van der Waals surface area (Å²) in [6, 6.07) is 1.86. The molecular formula is C13H15BrF3NO. The first-order valence-corrected chi connectivity index (χ1v) is 6.92. The number of phenols is 1. The Morgan fingerprint density at radius 1 is 1.16 bits per heavy atom. The second-order valence-electron chi connectivity index (χ2n) is 5.07. The van der Waals surface area contributed by atoms with Crippen LogP contribution in [-0.2, 0) is 11.7 Å². The summed E-state index contributed by atoms with van der Waals surface area (Å²) >= 11 is 2.97. The van der Waals surface area contributed by atoms with Crippen molar-refractivity contribution < 1.29 is 18.3 Å². The quantitative estimate of drug-likeness (QED) is 0.802. The van der Waals surface area contributed by atoms with E-state index in [9.17, 15) is 18.3 Å². The number of hydrogen-bond acceptors (Lipinski definition) is 2. The number of aromatic hydroxyl groups is 1. The summed E-state index contributed by atoms with van der Waals surface area (Å²) in [6.07, 6.45) is -0.508. The Balaban J connectivity index is 2.52. The molecular weight excluding hydrogens is 323 g/mol. The van der Waals surface area contributed by atoms with E-state index in [4.69, 9.17) is 5.73 Å². The van der Waals surface area contributed by atoms with Crippen LogP contribution in [0.2, 0.25) is 0 Å². The van der Waals surface area contributed by atoms with Crippen molar-refractivity contribution in [2.24, 2.45) is 5.73 Å². The molecule has 0 spiro atoms. The molecule has 0 radical (unpaired) electrons. The highest BCUT2D eigenvalue weighted by atomic mass is 79.9. The van der Waals surface area contributed by atoms with Gasteiger partial charge in [0, 0.05) is 11.1 Å². The lowest BCUT2D eigenvalue weighted by Gasteiger charge is -2.35. The Morgan fingerprint density at radius 3 is 2.26 bits per heavy atom. The van der Waals surface area contributed by atoms with Gasteiger partial charge in [-0.05, 0) is 40.9 Å². The minimum absolute atomic E-state index is 0.0349. The third kappa shape index (κ3) is 2.89. The Kier molecular flexibility index (Phi) is 3.84. The summed E-state index contributed by atoms with van der Waals surface area (Å²) in [6.45, 7) is 0. The van der Waals surface area contributed by atoms with E-state index in [0.29, 0.717) is 12.8 Å². The fourth-order valence-electron chi connectivity index (χ4n) is 2.59. The van der Waals surface area contributed by atoms with E-state index in [1.807, 2.05) is 0 Å². The number of hydrogen-bond donors (Lipinski definition) is 2. The van der Waals surface area contributed by atoms with Gasteiger partial charge in [-0.2, -0.15) is 13.2 Å². The van der Waals surface area contributed by atoms with Crippen LogP contribution in [0.5, 0.6) is 5.75 Å². The Bertz CT molecular complexity index is 482. The summed E-state index contributed by atoms with van der Waals surface area (Å²) in [7, 11) is 0. The number of benzene rings is 1. The molecule has 106 valence electrons. The molecule has 0 aromatic heterocycles. The van der Waals surface area contributed by atoms with E-state index >= 15 is 0 Å². The van der Waals surface area contributed by atoms with Crippen molar-refractivity contribution in [2.45, 2.75) is 43.8 Å². The standard InChI is InChI=1S/C13H15BrF3NO/c14-10-7-8(13(15,16)17)6-9(11(10)19)12(18)4-2-1-3-5-12/h6-7,19H,1-5,18H2. The Labute approximate surface area is 117 Å². The zero-order valence-corrected chi connectivity index (χ0v) is 11.8. The molecule has 2 rings (SSSR count). The monoisotopic (exact) mass is 337 g/mol. The molecule has 0 saturated heterocycles. The molecule has 0 bridgehead atoms. The molecule has 0 amide bonds. The molecule has 0 unspecified atom stereocenters. The van der Waals surface area contributed by atoms with Gasteiger partial charge in [-0.25, -0.2) is 0 Å².